The minimum absolute atomic E-state index is 0.377. The first kappa shape index (κ1) is 15.0. The quantitative estimate of drug-likeness (QED) is 0.828. The minimum atomic E-state index is -4.44. The molecule has 2 nitrogen and oxygen atoms in total. The van der Waals surface area contributed by atoms with Crippen LogP contribution in [0, 0.1) is 12.7 Å². The van der Waals surface area contributed by atoms with Crippen LogP contribution in [0.1, 0.15) is 21.5 Å². The zero-order chi connectivity index (χ0) is 15.8. The topological polar surface area (TPSA) is 37.3 Å². The molecular weight excluding hydrogens is 288 g/mol. The van der Waals surface area contributed by atoms with Crippen molar-refractivity contribution in [3.05, 3.63) is 58.9 Å². The first-order valence-corrected chi connectivity index (χ1v) is 5.91. The van der Waals surface area contributed by atoms with Gasteiger partial charge in [-0.1, -0.05) is 12.1 Å². The molecule has 0 aliphatic heterocycles. The maximum Gasteiger partial charge on any atom is 0.416 e. The highest BCUT2D eigenvalue weighted by Crippen LogP contribution is 2.32. The van der Waals surface area contributed by atoms with Crippen LogP contribution >= 0.6 is 0 Å². The van der Waals surface area contributed by atoms with E-state index in [1.165, 1.54) is 12.1 Å². The summed E-state index contributed by atoms with van der Waals surface area (Å²) < 4.78 is 51.0. The van der Waals surface area contributed by atoms with Gasteiger partial charge in [-0.2, -0.15) is 13.2 Å². The van der Waals surface area contributed by atoms with Gasteiger partial charge in [0.25, 0.3) is 0 Å². The molecule has 0 aromatic heterocycles. The molecule has 2 aromatic rings. The third-order valence-corrected chi connectivity index (χ3v) is 3.07. The minimum Gasteiger partial charge on any atom is -0.478 e. The van der Waals surface area contributed by atoms with Gasteiger partial charge < -0.3 is 5.11 Å². The molecule has 0 amide bonds. The van der Waals surface area contributed by atoms with E-state index >= 15 is 0 Å². The molecule has 0 saturated carbocycles. The van der Waals surface area contributed by atoms with E-state index in [1.807, 2.05) is 0 Å². The fraction of sp³-hybridized carbons (Fsp3) is 0.133. The number of hydrogen-bond donors (Lipinski definition) is 1. The predicted octanol–water partition coefficient (Wildman–Crippen LogP) is 4.52. The summed E-state index contributed by atoms with van der Waals surface area (Å²) in [6.45, 7) is 1.56. The Morgan fingerprint density at radius 2 is 1.67 bits per heavy atom. The normalized spacial score (nSPS) is 11.5. The van der Waals surface area contributed by atoms with Crippen molar-refractivity contribution < 1.29 is 27.5 Å². The monoisotopic (exact) mass is 298 g/mol. The van der Waals surface area contributed by atoms with Crippen molar-refractivity contribution in [2.24, 2.45) is 0 Å². The molecule has 6 heteroatoms. The molecule has 0 radical (unpaired) electrons. The average Bonchev–Trinajstić information content (AvgIpc) is 2.37. The number of carbonyl (C=O) groups is 1. The number of aromatic carboxylic acids is 1. The van der Waals surface area contributed by atoms with Gasteiger partial charge in [0.05, 0.1) is 11.1 Å². The van der Waals surface area contributed by atoms with Gasteiger partial charge in [0, 0.05) is 0 Å². The van der Waals surface area contributed by atoms with Gasteiger partial charge in [-0.3, -0.25) is 0 Å². The fourth-order valence-electron chi connectivity index (χ4n) is 1.99. The summed E-state index contributed by atoms with van der Waals surface area (Å²) in [5.74, 6) is -2.31. The van der Waals surface area contributed by atoms with E-state index < -0.39 is 29.1 Å². The van der Waals surface area contributed by atoms with Crippen molar-refractivity contribution in [2.45, 2.75) is 13.1 Å². The number of benzene rings is 2. The van der Waals surface area contributed by atoms with E-state index in [4.69, 9.17) is 5.11 Å². The molecule has 2 aromatic carbocycles. The molecule has 1 N–H and O–H groups in total. The third kappa shape index (κ3) is 3.04. The first-order valence-electron chi connectivity index (χ1n) is 5.91. The Kier molecular flexibility index (Phi) is 3.72. The third-order valence-electron chi connectivity index (χ3n) is 3.07. The number of alkyl halides is 3. The zero-order valence-electron chi connectivity index (χ0n) is 10.8. The molecule has 21 heavy (non-hydrogen) atoms. The van der Waals surface area contributed by atoms with Crippen LogP contribution in [0.4, 0.5) is 17.6 Å². The number of rotatable bonds is 2. The molecule has 0 heterocycles. The smallest absolute Gasteiger partial charge is 0.416 e. The molecule has 0 saturated heterocycles. The lowest BCUT2D eigenvalue weighted by Gasteiger charge is -2.11. The summed E-state index contributed by atoms with van der Waals surface area (Å²) in [6.07, 6.45) is -4.44. The van der Waals surface area contributed by atoms with E-state index in [-0.39, 0.29) is 0 Å². The Bertz CT molecular complexity index is 688. The molecule has 0 fully saturated rings. The van der Waals surface area contributed by atoms with Gasteiger partial charge in [-0.15, -0.1) is 0 Å². The van der Waals surface area contributed by atoms with Crippen LogP contribution in [0.2, 0.25) is 0 Å². The van der Waals surface area contributed by atoms with Crippen LogP contribution in [-0.4, -0.2) is 11.1 Å². The standard InChI is InChI=1S/C15H10F4O2/c1-8-6-13(16)12(14(20)21)7-11(8)9-2-4-10(5-3-9)15(17,18)19/h2-7H,1H3,(H,20,21). The van der Waals surface area contributed by atoms with Gasteiger partial charge in [0.15, 0.2) is 0 Å². The van der Waals surface area contributed by atoms with Gasteiger partial charge in [-0.25, -0.2) is 9.18 Å². The Hall–Kier alpha value is -2.37. The molecule has 2 rings (SSSR count). The molecule has 0 aliphatic rings. The molecule has 0 bridgehead atoms. The Morgan fingerprint density at radius 1 is 1.10 bits per heavy atom. The largest absolute Gasteiger partial charge is 0.478 e. The van der Waals surface area contributed by atoms with Crippen LogP contribution in [-0.2, 0) is 6.18 Å². The Balaban J connectivity index is 2.52. The Morgan fingerprint density at radius 3 is 2.14 bits per heavy atom. The predicted molar refractivity (Wildman–Crippen MR) is 68.5 cm³/mol. The number of carboxylic acid groups (broad SMARTS) is 1. The van der Waals surface area contributed by atoms with Crippen molar-refractivity contribution in [1.29, 1.82) is 0 Å². The van der Waals surface area contributed by atoms with Gasteiger partial charge in [0.2, 0.25) is 0 Å². The highest BCUT2D eigenvalue weighted by Gasteiger charge is 2.30. The van der Waals surface area contributed by atoms with Crippen molar-refractivity contribution in [3.63, 3.8) is 0 Å². The van der Waals surface area contributed by atoms with Crippen LogP contribution < -0.4 is 0 Å². The Labute approximate surface area is 117 Å². The molecule has 0 unspecified atom stereocenters. The van der Waals surface area contributed by atoms with Gasteiger partial charge >= 0.3 is 12.1 Å². The van der Waals surface area contributed by atoms with E-state index in [0.29, 0.717) is 16.7 Å². The second-order valence-corrected chi connectivity index (χ2v) is 4.53. The number of hydrogen-bond acceptors (Lipinski definition) is 1. The summed E-state index contributed by atoms with van der Waals surface area (Å²) in [5.41, 5.74) is -0.109. The fourth-order valence-corrected chi connectivity index (χ4v) is 1.99. The lowest BCUT2D eigenvalue weighted by Crippen LogP contribution is -2.04. The van der Waals surface area contributed by atoms with Crippen LogP contribution in [0.25, 0.3) is 11.1 Å². The highest BCUT2D eigenvalue weighted by atomic mass is 19.4. The van der Waals surface area contributed by atoms with Crippen molar-refractivity contribution >= 4 is 5.97 Å². The number of halogens is 4. The summed E-state index contributed by atoms with van der Waals surface area (Å²) in [7, 11) is 0. The highest BCUT2D eigenvalue weighted by molar-refractivity contribution is 5.90. The second kappa shape index (κ2) is 5.20. The number of carboxylic acids is 1. The maximum absolute atomic E-state index is 13.5. The second-order valence-electron chi connectivity index (χ2n) is 4.53. The van der Waals surface area contributed by atoms with Crippen molar-refractivity contribution in [3.8, 4) is 11.1 Å². The SMILES string of the molecule is Cc1cc(F)c(C(=O)O)cc1-c1ccc(C(F)(F)F)cc1. The van der Waals surface area contributed by atoms with Crippen LogP contribution in [0.5, 0.6) is 0 Å². The average molecular weight is 298 g/mol. The summed E-state index contributed by atoms with van der Waals surface area (Å²) in [4.78, 5) is 10.9. The van der Waals surface area contributed by atoms with E-state index in [9.17, 15) is 22.4 Å². The van der Waals surface area contributed by atoms with E-state index in [0.717, 1.165) is 24.3 Å². The van der Waals surface area contributed by atoms with Crippen molar-refractivity contribution in [2.75, 3.05) is 0 Å². The van der Waals surface area contributed by atoms with E-state index in [1.54, 1.807) is 6.92 Å². The van der Waals surface area contributed by atoms with Gasteiger partial charge in [-0.05, 0) is 47.9 Å². The van der Waals surface area contributed by atoms with E-state index in [2.05, 4.69) is 0 Å². The first-order chi connectivity index (χ1) is 9.70. The summed E-state index contributed by atoms with van der Waals surface area (Å²) >= 11 is 0. The van der Waals surface area contributed by atoms with Crippen LogP contribution in [0.15, 0.2) is 36.4 Å². The summed E-state index contributed by atoms with van der Waals surface area (Å²) in [5, 5.41) is 8.89. The molecule has 0 aliphatic carbocycles. The van der Waals surface area contributed by atoms with Crippen molar-refractivity contribution in [1.82, 2.24) is 0 Å². The molecule has 0 atom stereocenters. The molecule has 110 valence electrons. The lowest BCUT2D eigenvalue weighted by molar-refractivity contribution is -0.137. The zero-order valence-corrected chi connectivity index (χ0v) is 10.8. The molecule has 0 spiro atoms. The maximum atomic E-state index is 13.5. The lowest BCUT2D eigenvalue weighted by atomic mass is 9.97. The summed E-state index contributed by atoms with van der Waals surface area (Å²) in [6, 6.07) is 6.44. The van der Waals surface area contributed by atoms with Gasteiger partial charge in [0.1, 0.15) is 5.82 Å². The molecular formula is C15H10F4O2. The number of aryl methyl sites for hydroxylation is 1. The van der Waals surface area contributed by atoms with Crippen LogP contribution in [0.3, 0.4) is 0 Å².